The maximum absolute atomic E-state index is 11.6. The van der Waals surface area contributed by atoms with Crippen LogP contribution in [0.4, 0.5) is 11.6 Å². The second-order valence-corrected chi connectivity index (χ2v) is 4.03. The van der Waals surface area contributed by atoms with E-state index in [0.717, 1.165) is 5.56 Å². The first-order valence-corrected chi connectivity index (χ1v) is 5.41. The van der Waals surface area contributed by atoms with E-state index in [-0.39, 0.29) is 18.4 Å². The number of rotatable bonds is 1. The molecule has 2 heterocycles. The minimum atomic E-state index is -0.0852. The zero-order valence-corrected chi connectivity index (χ0v) is 9.71. The number of carbonyl (C=O) groups excluding carboxylic acids is 1. The highest BCUT2D eigenvalue weighted by molar-refractivity contribution is 5.98. The number of fused-ring (bicyclic) bond motifs is 1. The van der Waals surface area contributed by atoms with Gasteiger partial charge in [0.05, 0.1) is 17.4 Å². The van der Waals surface area contributed by atoms with E-state index in [0.29, 0.717) is 17.0 Å². The maximum atomic E-state index is 11.6. The Morgan fingerprint density at radius 2 is 2.28 bits per heavy atom. The van der Waals surface area contributed by atoms with Crippen molar-refractivity contribution < 1.29 is 14.1 Å². The van der Waals surface area contributed by atoms with Crippen molar-refractivity contribution in [2.24, 2.45) is 0 Å². The highest BCUT2D eigenvalue weighted by Crippen LogP contribution is 2.36. The van der Waals surface area contributed by atoms with Crippen molar-refractivity contribution in [3.63, 3.8) is 0 Å². The van der Waals surface area contributed by atoms with E-state index in [1.165, 1.54) is 0 Å². The number of benzene rings is 1. The predicted molar refractivity (Wildman–Crippen MR) is 65.3 cm³/mol. The first-order valence-electron chi connectivity index (χ1n) is 5.41. The zero-order valence-electron chi connectivity index (χ0n) is 9.71. The van der Waals surface area contributed by atoms with Crippen molar-refractivity contribution in [1.82, 2.24) is 5.16 Å². The third kappa shape index (κ3) is 1.50. The third-order valence-corrected chi connectivity index (χ3v) is 2.95. The number of amides is 1. The van der Waals surface area contributed by atoms with Crippen molar-refractivity contribution >= 4 is 17.5 Å². The molecule has 6 nitrogen and oxygen atoms in total. The lowest BCUT2D eigenvalue weighted by molar-refractivity contribution is -0.120. The molecule has 0 radical (unpaired) electrons. The molecule has 0 aliphatic carbocycles. The van der Waals surface area contributed by atoms with Crippen LogP contribution in [0.2, 0.25) is 0 Å². The van der Waals surface area contributed by atoms with Crippen LogP contribution in [0.1, 0.15) is 0 Å². The van der Waals surface area contributed by atoms with Gasteiger partial charge in [-0.15, -0.1) is 0 Å². The van der Waals surface area contributed by atoms with Crippen molar-refractivity contribution in [2.45, 2.75) is 0 Å². The van der Waals surface area contributed by atoms with E-state index >= 15 is 0 Å². The summed E-state index contributed by atoms with van der Waals surface area (Å²) in [5.74, 6) is 0.842. The van der Waals surface area contributed by atoms with Crippen LogP contribution in [0.15, 0.2) is 28.9 Å². The summed E-state index contributed by atoms with van der Waals surface area (Å²) in [5, 5.41) is 3.63. The molecule has 0 saturated carbocycles. The van der Waals surface area contributed by atoms with Crippen LogP contribution in [-0.4, -0.2) is 24.7 Å². The average molecular weight is 245 g/mol. The van der Waals surface area contributed by atoms with Gasteiger partial charge < -0.3 is 19.9 Å². The summed E-state index contributed by atoms with van der Waals surface area (Å²) in [6, 6.07) is 5.49. The Balaban J connectivity index is 2.11. The monoisotopic (exact) mass is 245 g/mol. The van der Waals surface area contributed by atoms with Gasteiger partial charge in [0.1, 0.15) is 5.75 Å². The quantitative estimate of drug-likeness (QED) is 0.818. The molecular weight excluding hydrogens is 234 g/mol. The van der Waals surface area contributed by atoms with Crippen LogP contribution in [-0.2, 0) is 4.79 Å². The lowest BCUT2D eigenvalue weighted by Crippen LogP contribution is -2.35. The summed E-state index contributed by atoms with van der Waals surface area (Å²) < 4.78 is 10.2. The summed E-state index contributed by atoms with van der Waals surface area (Å²) >= 11 is 0. The molecule has 1 aliphatic heterocycles. The largest absolute Gasteiger partial charge is 0.482 e. The molecule has 0 fully saturated rings. The van der Waals surface area contributed by atoms with Gasteiger partial charge in [-0.25, -0.2) is 0 Å². The molecule has 6 heteroatoms. The van der Waals surface area contributed by atoms with Gasteiger partial charge in [0.2, 0.25) is 5.88 Å². The van der Waals surface area contributed by atoms with Crippen LogP contribution in [0, 0.1) is 0 Å². The van der Waals surface area contributed by atoms with Gasteiger partial charge in [-0.3, -0.25) is 4.79 Å². The van der Waals surface area contributed by atoms with E-state index in [4.69, 9.17) is 15.0 Å². The molecule has 2 N–H and O–H groups in total. The van der Waals surface area contributed by atoms with Gasteiger partial charge in [-0.1, -0.05) is 11.2 Å². The highest BCUT2D eigenvalue weighted by Gasteiger charge is 2.23. The normalized spacial score (nSPS) is 14.3. The smallest absolute Gasteiger partial charge is 0.264 e. The van der Waals surface area contributed by atoms with Gasteiger partial charge in [0, 0.05) is 7.05 Å². The molecule has 2 aromatic rings. The second-order valence-electron chi connectivity index (χ2n) is 4.03. The van der Waals surface area contributed by atoms with Gasteiger partial charge in [0.15, 0.2) is 6.61 Å². The summed E-state index contributed by atoms with van der Waals surface area (Å²) in [5.41, 5.74) is 7.91. The standard InChI is InChI=1S/C12H11N3O3/c1-15-9-4-7(8-5-14-18-12(8)13)2-3-10(9)17-6-11(15)16/h2-5H,6,13H2,1H3. The number of likely N-dealkylation sites (N-methyl/N-ethyl adjacent to an activating group) is 1. The Kier molecular flexibility index (Phi) is 2.22. The van der Waals surface area contributed by atoms with Crippen molar-refractivity contribution in [2.75, 3.05) is 24.3 Å². The number of nitrogens with two attached hydrogens (primary N) is 1. The van der Waals surface area contributed by atoms with Gasteiger partial charge >= 0.3 is 0 Å². The Hall–Kier alpha value is -2.50. The minimum Gasteiger partial charge on any atom is -0.482 e. The van der Waals surface area contributed by atoms with Crippen LogP contribution in [0.25, 0.3) is 11.1 Å². The van der Waals surface area contributed by atoms with Crippen LogP contribution >= 0.6 is 0 Å². The lowest BCUT2D eigenvalue weighted by Gasteiger charge is -2.26. The Morgan fingerprint density at radius 1 is 1.44 bits per heavy atom. The van der Waals surface area contributed by atoms with Crippen LogP contribution < -0.4 is 15.4 Å². The lowest BCUT2D eigenvalue weighted by atomic mass is 10.1. The van der Waals surface area contributed by atoms with Gasteiger partial charge in [-0.2, -0.15) is 0 Å². The third-order valence-electron chi connectivity index (χ3n) is 2.95. The number of hydrogen-bond donors (Lipinski definition) is 1. The molecule has 18 heavy (non-hydrogen) atoms. The Morgan fingerprint density at radius 3 is 3.00 bits per heavy atom. The molecule has 0 bridgehead atoms. The fourth-order valence-electron chi connectivity index (χ4n) is 1.91. The van der Waals surface area contributed by atoms with E-state index in [9.17, 15) is 4.79 Å². The number of hydrogen-bond acceptors (Lipinski definition) is 5. The van der Waals surface area contributed by atoms with Gasteiger partial charge in [0.25, 0.3) is 5.91 Å². The van der Waals surface area contributed by atoms with Crippen LogP contribution in [0.5, 0.6) is 5.75 Å². The number of nitrogen functional groups attached to an aromatic ring is 1. The summed E-state index contributed by atoms with van der Waals surface area (Å²) in [7, 11) is 1.71. The molecular formula is C12H11N3O3. The SMILES string of the molecule is CN1C(=O)COc2ccc(-c3cnoc3N)cc21. The summed E-state index contributed by atoms with van der Waals surface area (Å²) in [4.78, 5) is 13.1. The molecule has 0 spiro atoms. The minimum absolute atomic E-state index is 0.0677. The Bertz CT molecular complexity index is 621. The second kappa shape index (κ2) is 3.76. The molecule has 1 aliphatic rings. The first-order chi connectivity index (χ1) is 8.66. The topological polar surface area (TPSA) is 81.6 Å². The van der Waals surface area contributed by atoms with Crippen LogP contribution in [0.3, 0.4) is 0 Å². The summed E-state index contributed by atoms with van der Waals surface area (Å²) in [6.07, 6.45) is 1.54. The fraction of sp³-hybridized carbons (Fsp3) is 0.167. The van der Waals surface area contributed by atoms with E-state index in [2.05, 4.69) is 5.16 Å². The maximum Gasteiger partial charge on any atom is 0.264 e. The Labute approximate surface area is 103 Å². The number of nitrogens with zero attached hydrogens (tertiary/aromatic N) is 2. The number of anilines is 2. The number of ether oxygens (including phenoxy) is 1. The van der Waals surface area contributed by atoms with Crippen molar-refractivity contribution in [3.8, 4) is 16.9 Å². The summed E-state index contributed by atoms with van der Waals surface area (Å²) in [6.45, 7) is 0.0677. The average Bonchev–Trinajstić information content (AvgIpc) is 2.80. The van der Waals surface area contributed by atoms with Gasteiger partial charge in [-0.05, 0) is 17.7 Å². The first kappa shape index (κ1) is 10.6. The van der Waals surface area contributed by atoms with E-state index in [1.807, 2.05) is 12.1 Å². The number of carbonyl (C=O) groups is 1. The zero-order chi connectivity index (χ0) is 12.7. The fourth-order valence-corrected chi connectivity index (χ4v) is 1.91. The molecule has 1 aromatic heterocycles. The predicted octanol–water partition coefficient (Wildman–Crippen LogP) is 1.28. The van der Waals surface area contributed by atoms with Crippen molar-refractivity contribution in [3.05, 3.63) is 24.4 Å². The molecule has 0 saturated heterocycles. The molecule has 1 amide bonds. The van der Waals surface area contributed by atoms with E-state index < -0.39 is 0 Å². The molecule has 3 rings (SSSR count). The molecule has 1 aromatic carbocycles. The number of aromatic nitrogens is 1. The van der Waals surface area contributed by atoms with E-state index in [1.54, 1.807) is 24.2 Å². The molecule has 92 valence electrons. The molecule has 0 atom stereocenters. The molecule has 0 unspecified atom stereocenters. The highest BCUT2D eigenvalue weighted by atomic mass is 16.5. The van der Waals surface area contributed by atoms with Crippen molar-refractivity contribution in [1.29, 1.82) is 0 Å².